The lowest BCUT2D eigenvalue weighted by Gasteiger charge is -2.07. The quantitative estimate of drug-likeness (QED) is 0.0517. The van der Waals surface area contributed by atoms with E-state index in [1.54, 1.807) is 45.0 Å². The molecule has 0 aromatic heterocycles. The van der Waals surface area contributed by atoms with Gasteiger partial charge in [0.2, 0.25) is 0 Å². The third-order valence-corrected chi connectivity index (χ3v) is 5.98. The van der Waals surface area contributed by atoms with Crippen molar-refractivity contribution in [3.05, 3.63) is 120 Å². The number of benzene rings is 4. The first kappa shape index (κ1) is 43.5. The number of hydrogen-bond donors (Lipinski definition) is 4. The van der Waals surface area contributed by atoms with Gasteiger partial charge in [0, 0.05) is 0 Å². The summed E-state index contributed by atoms with van der Waals surface area (Å²) >= 11 is 0. The molecule has 1 atom stereocenters. The van der Waals surface area contributed by atoms with Crippen LogP contribution in [0.5, 0.6) is 23.0 Å². The molecule has 0 aliphatic carbocycles. The Bertz CT molecular complexity index is 1530. The zero-order valence-corrected chi connectivity index (χ0v) is 30.0. The van der Waals surface area contributed by atoms with Gasteiger partial charge >= 0.3 is 17.9 Å². The van der Waals surface area contributed by atoms with E-state index in [-0.39, 0.29) is 41.3 Å². The maximum Gasteiger partial charge on any atom is 0.338 e. The molecule has 0 aliphatic rings. The van der Waals surface area contributed by atoms with Crippen LogP contribution in [-0.2, 0) is 14.2 Å². The van der Waals surface area contributed by atoms with Gasteiger partial charge in [-0.05, 0) is 118 Å². The molecule has 0 spiro atoms. The molecule has 0 saturated heterocycles. The number of esters is 3. The average Bonchev–Trinajstić information content (AvgIpc) is 3.09. The summed E-state index contributed by atoms with van der Waals surface area (Å²) in [5.74, 6) is 0.405. The molecule has 4 aromatic rings. The molecule has 276 valence electrons. The Kier molecular flexibility index (Phi) is 20.9. The van der Waals surface area contributed by atoms with Crippen molar-refractivity contribution in [2.45, 2.75) is 66.8 Å². The van der Waals surface area contributed by atoms with Crippen LogP contribution in [0.15, 0.2) is 103 Å². The zero-order chi connectivity index (χ0) is 38.2. The number of phenols is 3. The summed E-state index contributed by atoms with van der Waals surface area (Å²) in [7, 11) is 0. The van der Waals surface area contributed by atoms with Crippen LogP contribution in [-0.4, -0.2) is 63.9 Å². The van der Waals surface area contributed by atoms with Crippen molar-refractivity contribution in [2.75, 3.05) is 13.2 Å². The second-order valence-electron chi connectivity index (χ2n) is 11.6. The first-order valence-electron chi connectivity index (χ1n) is 16.5. The molecule has 4 rings (SSSR count). The molecule has 4 N–H and O–H groups in total. The Morgan fingerprint density at radius 2 is 1.00 bits per heavy atom. The highest BCUT2D eigenvalue weighted by molar-refractivity contribution is 5.90. The van der Waals surface area contributed by atoms with Gasteiger partial charge in [-0.3, -0.25) is 0 Å². The second kappa shape index (κ2) is 24.6. The molecule has 4 aromatic carbocycles. The van der Waals surface area contributed by atoms with Crippen LogP contribution in [0.25, 0.3) is 0 Å². The van der Waals surface area contributed by atoms with Gasteiger partial charge in [0.15, 0.2) is 6.29 Å². The molecular formula is C40H50O11. The maximum atomic E-state index is 11.4. The van der Waals surface area contributed by atoms with E-state index in [0.717, 1.165) is 12.8 Å². The minimum Gasteiger partial charge on any atom is -0.508 e. The lowest BCUT2D eigenvalue weighted by atomic mass is 10.2. The molecule has 0 radical (unpaired) electrons. The number of para-hydroxylation sites is 1. The van der Waals surface area contributed by atoms with Crippen molar-refractivity contribution >= 4 is 17.9 Å². The predicted octanol–water partition coefficient (Wildman–Crippen LogP) is 7.92. The van der Waals surface area contributed by atoms with Crippen molar-refractivity contribution in [2.24, 2.45) is 5.92 Å². The molecule has 0 aliphatic heterocycles. The van der Waals surface area contributed by atoms with Crippen molar-refractivity contribution in [3.63, 3.8) is 0 Å². The number of rotatable bonds is 11. The van der Waals surface area contributed by atoms with Gasteiger partial charge in [-0.25, -0.2) is 14.4 Å². The van der Waals surface area contributed by atoms with Crippen LogP contribution in [0.1, 0.15) is 85.5 Å². The van der Waals surface area contributed by atoms with Gasteiger partial charge in [0.1, 0.15) is 23.0 Å². The summed E-state index contributed by atoms with van der Waals surface area (Å²) in [4.78, 5) is 33.9. The summed E-state index contributed by atoms with van der Waals surface area (Å²) < 4.78 is 19.9. The van der Waals surface area contributed by atoms with E-state index in [1.807, 2.05) is 39.0 Å². The van der Waals surface area contributed by atoms with Gasteiger partial charge in [0.05, 0.1) is 36.0 Å². The Morgan fingerprint density at radius 1 is 0.588 bits per heavy atom. The van der Waals surface area contributed by atoms with E-state index in [2.05, 4.69) is 0 Å². The lowest BCUT2D eigenvalue weighted by molar-refractivity contribution is -0.000329. The number of aliphatic hydroxyl groups is 1. The molecule has 0 amide bonds. The number of hydrogen-bond acceptors (Lipinski definition) is 11. The number of aromatic hydroxyl groups is 3. The zero-order valence-electron chi connectivity index (χ0n) is 30.0. The molecule has 1 unspecified atom stereocenters. The maximum absolute atomic E-state index is 11.4. The number of unbranched alkanes of at least 4 members (excludes halogenated alkanes) is 1. The van der Waals surface area contributed by atoms with Crippen molar-refractivity contribution in [1.29, 1.82) is 0 Å². The van der Waals surface area contributed by atoms with Crippen LogP contribution in [0.2, 0.25) is 0 Å². The van der Waals surface area contributed by atoms with Gasteiger partial charge in [0.25, 0.3) is 0 Å². The van der Waals surface area contributed by atoms with E-state index in [9.17, 15) is 14.4 Å². The minimum absolute atomic E-state index is 0.124. The standard InChI is InChI=1S/2C11H14O3.C10H12O3.C8H10O2/c1-8(2)7-14-11(13)9-3-5-10(12)6-4-9;1-2-3-8-14-11(13)9-4-6-10(12)7-5-9;1-7(2)13-10(12)8-3-5-9(11)6-4-8;1-7(9)10-8-5-3-2-4-6-8/h3-6,8,12H,7H2,1-2H3;4-7,12H,2-3,8H2,1H3;3-7,11H,1-2H3;2-7,9H,1H3. The topological polar surface area (TPSA) is 169 Å². The summed E-state index contributed by atoms with van der Waals surface area (Å²) in [5.41, 5.74) is 1.38. The first-order chi connectivity index (χ1) is 24.2. The van der Waals surface area contributed by atoms with E-state index in [4.69, 9.17) is 39.4 Å². The van der Waals surface area contributed by atoms with Gasteiger partial charge in [-0.15, -0.1) is 0 Å². The average molecular weight is 707 g/mol. The number of carbonyl (C=O) groups is 3. The lowest BCUT2D eigenvalue weighted by Crippen LogP contribution is -2.11. The van der Waals surface area contributed by atoms with Crippen LogP contribution < -0.4 is 4.74 Å². The van der Waals surface area contributed by atoms with E-state index >= 15 is 0 Å². The van der Waals surface area contributed by atoms with E-state index in [0.29, 0.717) is 41.6 Å². The van der Waals surface area contributed by atoms with Crippen LogP contribution in [0, 0.1) is 5.92 Å². The third-order valence-electron chi connectivity index (χ3n) is 5.98. The molecule has 0 heterocycles. The molecule has 0 saturated carbocycles. The van der Waals surface area contributed by atoms with Crippen LogP contribution in [0.4, 0.5) is 0 Å². The number of aliphatic hydroxyl groups excluding tert-OH is 1. The highest BCUT2D eigenvalue weighted by atomic mass is 16.6. The smallest absolute Gasteiger partial charge is 0.338 e. The summed E-state index contributed by atoms with van der Waals surface area (Å²) in [6.45, 7) is 12.0. The largest absolute Gasteiger partial charge is 0.508 e. The number of phenolic OH excluding ortho intramolecular Hbond substituents is 3. The Balaban J connectivity index is 0.000000342. The minimum atomic E-state index is -0.734. The van der Waals surface area contributed by atoms with Crippen LogP contribution in [0.3, 0.4) is 0 Å². The first-order valence-corrected chi connectivity index (χ1v) is 16.5. The predicted molar refractivity (Wildman–Crippen MR) is 194 cm³/mol. The Hall–Kier alpha value is -5.55. The van der Waals surface area contributed by atoms with Crippen molar-refractivity contribution < 1.29 is 53.8 Å². The van der Waals surface area contributed by atoms with Gasteiger partial charge in [-0.1, -0.05) is 45.4 Å². The molecule has 11 nitrogen and oxygen atoms in total. The summed E-state index contributed by atoms with van der Waals surface area (Å²) in [6.07, 6.45) is 1.02. The molecule has 0 fully saturated rings. The van der Waals surface area contributed by atoms with Crippen molar-refractivity contribution in [3.8, 4) is 23.0 Å². The monoisotopic (exact) mass is 706 g/mol. The molecule has 11 heteroatoms. The molecular weight excluding hydrogens is 656 g/mol. The Labute approximate surface area is 300 Å². The fraction of sp³-hybridized carbons (Fsp3) is 0.325. The Morgan fingerprint density at radius 3 is 1.37 bits per heavy atom. The summed E-state index contributed by atoms with van der Waals surface area (Å²) in [6, 6.07) is 27.2. The van der Waals surface area contributed by atoms with Crippen LogP contribution >= 0.6 is 0 Å². The highest BCUT2D eigenvalue weighted by Gasteiger charge is 2.09. The fourth-order valence-electron chi connectivity index (χ4n) is 3.49. The fourth-order valence-corrected chi connectivity index (χ4v) is 3.49. The SMILES string of the molecule is CC(C)COC(=O)c1ccc(O)cc1.CC(C)OC(=O)c1ccc(O)cc1.CC(O)Oc1ccccc1.CCCCOC(=O)c1ccc(O)cc1. The van der Waals surface area contributed by atoms with Crippen molar-refractivity contribution in [1.82, 2.24) is 0 Å². The van der Waals surface area contributed by atoms with E-state index < -0.39 is 6.29 Å². The third kappa shape index (κ3) is 20.5. The highest BCUT2D eigenvalue weighted by Crippen LogP contribution is 2.13. The second-order valence-corrected chi connectivity index (χ2v) is 11.6. The number of ether oxygens (including phenoxy) is 4. The van der Waals surface area contributed by atoms with Gasteiger partial charge in [-0.2, -0.15) is 0 Å². The molecule has 0 bridgehead atoms. The van der Waals surface area contributed by atoms with E-state index in [1.165, 1.54) is 60.7 Å². The number of carbonyl (C=O) groups excluding carboxylic acids is 3. The van der Waals surface area contributed by atoms with Gasteiger partial charge < -0.3 is 39.4 Å². The normalized spacial score (nSPS) is 10.5. The molecule has 51 heavy (non-hydrogen) atoms. The summed E-state index contributed by atoms with van der Waals surface area (Å²) in [5, 5.41) is 35.8.